The van der Waals surface area contributed by atoms with Crippen molar-refractivity contribution in [1.29, 1.82) is 0 Å². The molecule has 122 valence electrons. The second-order valence-electron chi connectivity index (χ2n) is 5.11. The minimum Gasteiger partial charge on any atom is -0.342 e. The highest BCUT2D eigenvalue weighted by Crippen LogP contribution is 2.28. The molecule has 0 spiro atoms. The van der Waals surface area contributed by atoms with E-state index in [0.717, 1.165) is 12.3 Å². The monoisotopic (exact) mass is 326 g/mol. The number of alkyl halides is 3. The van der Waals surface area contributed by atoms with Crippen molar-refractivity contribution in [2.24, 2.45) is 7.05 Å². The fourth-order valence-corrected chi connectivity index (χ4v) is 2.36. The van der Waals surface area contributed by atoms with Crippen LogP contribution in [0.5, 0.6) is 0 Å². The molecule has 3 rings (SSSR count). The molecule has 0 aromatic carbocycles. The summed E-state index contributed by atoms with van der Waals surface area (Å²) in [6.45, 7) is 0.446. The van der Waals surface area contributed by atoms with Crippen molar-refractivity contribution in [3.63, 3.8) is 0 Å². The number of rotatable bonds is 3. The van der Waals surface area contributed by atoms with Gasteiger partial charge in [-0.2, -0.15) is 18.3 Å². The number of amides is 1. The summed E-state index contributed by atoms with van der Waals surface area (Å²) in [6, 6.07) is 0.113. The zero-order valence-electron chi connectivity index (χ0n) is 12.1. The number of hydrogen-bond acceptors (Lipinski definition) is 5. The Morgan fingerprint density at radius 1 is 1.39 bits per heavy atom. The van der Waals surface area contributed by atoms with Crippen LogP contribution in [0.25, 0.3) is 0 Å². The zero-order chi connectivity index (χ0) is 16.6. The van der Waals surface area contributed by atoms with Crippen molar-refractivity contribution < 1.29 is 18.0 Å². The molecule has 1 amide bonds. The maximum absolute atomic E-state index is 12.6. The molecule has 1 saturated heterocycles. The predicted molar refractivity (Wildman–Crippen MR) is 74.6 cm³/mol. The van der Waals surface area contributed by atoms with Crippen LogP contribution in [0.1, 0.15) is 12.1 Å². The summed E-state index contributed by atoms with van der Waals surface area (Å²) >= 11 is 0. The van der Waals surface area contributed by atoms with Crippen molar-refractivity contribution >= 4 is 17.5 Å². The Morgan fingerprint density at radius 2 is 2.17 bits per heavy atom. The van der Waals surface area contributed by atoms with Crippen LogP contribution in [0.4, 0.5) is 24.8 Å². The Kier molecular flexibility index (Phi) is 3.66. The fourth-order valence-electron chi connectivity index (χ4n) is 2.36. The van der Waals surface area contributed by atoms with Crippen LogP contribution in [0.15, 0.2) is 24.7 Å². The average Bonchev–Trinajstić information content (AvgIpc) is 3.06. The van der Waals surface area contributed by atoms with Gasteiger partial charge in [-0.25, -0.2) is 9.97 Å². The third-order valence-electron chi connectivity index (χ3n) is 3.46. The number of aromatic nitrogens is 4. The van der Waals surface area contributed by atoms with Crippen LogP contribution in [0, 0.1) is 0 Å². The van der Waals surface area contributed by atoms with Crippen LogP contribution in [0.2, 0.25) is 0 Å². The lowest BCUT2D eigenvalue weighted by atomic mass is 10.2. The average molecular weight is 326 g/mol. The van der Waals surface area contributed by atoms with Crippen LogP contribution in [-0.4, -0.2) is 38.2 Å². The lowest BCUT2D eigenvalue weighted by molar-refractivity contribution is -0.141. The number of nitrogens with zero attached hydrogens (tertiary/aromatic N) is 5. The lowest BCUT2D eigenvalue weighted by Crippen LogP contribution is -2.33. The zero-order valence-corrected chi connectivity index (χ0v) is 12.1. The fraction of sp³-hybridized carbons (Fsp3) is 0.385. The smallest absolute Gasteiger partial charge is 0.342 e. The lowest BCUT2D eigenvalue weighted by Gasteiger charge is -2.15. The molecule has 7 nitrogen and oxygen atoms in total. The largest absolute Gasteiger partial charge is 0.433 e. The summed E-state index contributed by atoms with van der Waals surface area (Å²) < 4.78 is 39.5. The van der Waals surface area contributed by atoms with E-state index in [1.54, 1.807) is 24.1 Å². The Hall–Kier alpha value is -2.65. The first-order valence-corrected chi connectivity index (χ1v) is 6.81. The quantitative estimate of drug-likeness (QED) is 0.924. The van der Waals surface area contributed by atoms with Gasteiger partial charge in [-0.05, 0) is 12.5 Å². The Balaban J connectivity index is 1.73. The molecular weight excluding hydrogens is 313 g/mol. The number of carbonyl (C=O) groups excluding carboxylic acids is 1. The van der Waals surface area contributed by atoms with Crippen molar-refractivity contribution in [2.75, 3.05) is 16.8 Å². The van der Waals surface area contributed by atoms with E-state index < -0.39 is 17.9 Å². The summed E-state index contributed by atoms with van der Waals surface area (Å²) in [4.78, 5) is 21.0. The second-order valence-corrected chi connectivity index (χ2v) is 5.11. The van der Waals surface area contributed by atoms with Crippen molar-refractivity contribution in [1.82, 2.24) is 19.7 Å². The maximum atomic E-state index is 12.6. The highest BCUT2D eigenvalue weighted by molar-refractivity contribution is 6.00. The molecule has 1 N–H and O–H groups in total. The number of aryl methyl sites for hydroxylation is 1. The van der Waals surface area contributed by atoms with Gasteiger partial charge in [0.2, 0.25) is 11.9 Å². The summed E-state index contributed by atoms with van der Waals surface area (Å²) in [7, 11) is 1.73. The first kappa shape index (κ1) is 15.3. The molecule has 1 fully saturated rings. The van der Waals surface area contributed by atoms with E-state index in [0.29, 0.717) is 18.7 Å². The molecule has 1 unspecified atom stereocenters. The minimum atomic E-state index is -4.55. The molecule has 10 heteroatoms. The van der Waals surface area contributed by atoms with E-state index in [2.05, 4.69) is 20.4 Å². The van der Waals surface area contributed by atoms with Gasteiger partial charge in [0.1, 0.15) is 11.7 Å². The topological polar surface area (TPSA) is 75.9 Å². The molecule has 0 bridgehead atoms. The summed E-state index contributed by atoms with van der Waals surface area (Å²) in [5.74, 6) is -0.467. The molecule has 2 aromatic heterocycles. The van der Waals surface area contributed by atoms with E-state index in [1.165, 1.54) is 4.90 Å². The van der Waals surface area contributed by atoms with E-state index in [4.69, 9.17) is 0 Å². The number of hydrogen-bond donors (Lipinski definition) is 1. The third-order valence-corrected chi connectivity index (χ3v) is 3.46. The van der Waals surface area contributed by atoms with Gasteiger partial charge in [-0.3, -0.25) is 9.48 Å². The highest BCUT2D eigenvalue weighted by atomic mass is 19.4. The Labute approximate surface area is 129 Å². The molecule has 0 aliphatic carbocycles. The van der Waals surface area contributed by atoms with Gasteiger partial charge >= 0.3 is 6.18 Å². The van der Waals surface area contributed by atoms with Gasteiger partial charge in [-0.15, -0.1) is 0 Å². The van der Waals surface area contributed by atoms with Gasteiger partial charge in [0, 0.05) is 26.0 Å². The molecular formula is C13H13F3N6O. The van der Waals surface area contributed by atoms with Gasteiger partial charge in [-0.1, -0.05) is 0 Å². The third kappa shape index (κ3) is 3.10. The Bertz CT molecular complexity index is 728. The molecule has 2 aromatic rings. The summed E-state index contributed by atoms with van der Waals surface area (Å²) in [5.41, 5.74) is -0.406. The van der Waals surface area contributed by atoms with Gasteiger partial charge in [0.25, 0.3) is 0 Å². The van der Waals surface area contributed by atoms with Gasteiger partial charge < -0.3 is 10.2 Å². The molecule has 1 aliphatic rings. The molecule has 3 heterocycles. The maximum Gasteiger partial charge on any atom is 0.433 e. The van der Waals surface area contributed by atoms with E-state index >= 15 is 0 Å². The Morgan fingerprint density at radius 3 is 2.83 bits per heavy atom. The minimum absolute atomic E-state index is 0.216. The van der Waals surface area contributed by atoms with Crippen LogP contribution in [0.3, 0.4) is 0 Å². The summed E-state index contributed by atoms with van der Waals surface area (Å²) in [5, 5.41) is 6.67. The highest BCUT2D eigenvalue weighted by Gasteiger charge is 2.35. The molecule has 0 radical (unpaired) electrons. The van der Waals surface area contributed by atoms with Crippen molar-refractivity contribution in [3.8, 4) is 0 Å². The van der Waals surface area contributed by atoms with Crippen molar-refractivity contribution in [2.45, 2.75) is 18.6 Å². The second kappa shape index (κ2) is 5.52. The van der Waals surface area contributed by atoms with Crippen LogP contribution in [-0.2, 0) is 18.0 Å². The number of halogens is 3. The first-order chi connectivity index (χ1) is 10.8. The predicted octanol–water partition coefficient (Wildman–Crippen LogP) is 1.45. The van der Waals surface area contributed by atoms with Crippen LogP contribution >= 0.6 is 0 Å². The van der Waals surface area contributed by atoms with Gasteiger partial charge in [0.05, 0.1) is 11.9 Å². The number of carbonyl (C=O) groups is 1. The number of nitrogens with one attached hydrogen (secondary N) is 1. The van der Waals surface area contributed by atoms with E-state index in [-0.39, 0.29) is 11.9 Å². The standard InChI is InChI=1S/C13H13F3N6O/c1-21-7-8(6-18-21)22-5-3-9(11(22)23)19-12-17-4-2-10(20-12)13(14,15)16/h2,4,6-7,9H,3,5H2,1H3,(H,17,19,20). The van der Waals surface area contributed by atoms with Crippen LogP contribution < -0.4 is 10.2 Å². The molecule has 1 aliphatic heterocycles. The SMILES string of the molecule is Cn1cc(N2CCC(Nc3nccc(C(F)(F)F)n3)C2=O)cn1. The summed E-state index contributed by atoms with van der Waals surface area (Å²) in [6.07, 6.45) is 0.146. The number of anilines is 2. The first-order valence-electron chi connectivity index (χ1n) is 6.81. The molecule has 1 atom stereocenters. The van der Waals surface area contributed by atoms with Crippen molar-refractivity contribution in [3.05, 3.63) is 30.4 Å². The van der Waals surface area contributed by atoms with E-state index in [9.17, 15) is 18.0 Å². The normalized spacial score (nSPS) is 18.5. The van der Waals surface area contributed by atoms with E-state index in [1.807, 2.05) is 0 Å². The molecule has 23 heavy (non-hydrogen) atoms. The van der Waals surface area contributed by atoms with Gasteiger partial charge in [0.15, 0.2) is 0 Å². The molecule has 0 saturated carbocycles.